The first kappa shape index (κ1) is 24.5. The first-order valence-electron chi connectivity index (χ1n) is 10.8. The van der Waals surface area contributed by atoms with Crippen LogP contribution in [-0.4, -0.2) is 54.4 Å². The van der Waals surface area contributed by atoms with Crippen LogP contribution in [0.3, 0.4) is 0 Å². The summed E-state index contributed by atoms with van der Waals surface area (Å²) in [6.07, 6.45) is 0.632. The Labute approximate surface area is 196 Å². The molecule has 34 heavy (non-hydrogen) atoms. The van der Waals surface area contributed by atoms with Gasteiger partial charge in [-0.2, -0.15) is 0 Å². The van der Waals surface area contributed by atoms with Gasteiger partial charge in [-0.3, -0.25) is 14.4 Å². The van der Waals surface area contributed by atoms with Crippen molar-refractivity contribution in [2.75, 3.05) is 31.5 Å². The van der Waals surface area contributed by atoms with Crippen molar-refractivity contribution in [3.8, 4) is 0 Å². The van der Waals surface area contributed by atoms with Gasteiger partial charge in [0, 0.05) is 64.9 Å². The van der Waals surface area contributed by atoms with E-state index in [4.69, 9.17) is 11.5 Å². The second-order valence-electron chi connectivity index (χ2n) is 7.60. The Morgan fingerprint density at radius 2 is 1.59 bits per heavy atom. The number of amides is 3. The van der Waals surface area contributed by atoms with E-state index in [0.29, 0.717) is 43.8 Å². The van der Waals surface area contributed by atoms with Crippen LogP contribution in [0.25, 0.3) is 21.8 Å². The van der Waals surface area contributed by atoms with E-state index in [1.165, 1.54) is 0 Å². The van der Waals surface area contributed by atoms with E-state index in [9.17, 15) is 14.4 Å². The van der Waals surface area contributed by atoms with Gasteiger partial charge in [-0.1, -0.05) is 0 Å². The maximum Gasteiger partial charge on any atom is 0.267 e. The zero-order valence-electron chi connectivity index (χ0n) is 18.9. The van der Waals surface area contributed by atoms with E-state index in [1.807, 2.05) is 31.2 Å². The maximum absolute atomic E-state index is 12.7. The fraction of sp³-hybridized carbons (Fsp3) is 0.208. The lowest BCUT2D eigenvalue weighted by Crippen LogP contribution is -2.29. The van der Waals surface area contributed by atoms with Crippen LogP contribution in [-0.2, 0) is 4.79 Å². The monoisotopic (exact) mass is 463 g/mol. The Hall–Kier alpha value is -4.15. The highest BCUT2D eigenvalue weighted by molar-refractivity contribution is 6.07. The number of aromatic nitrogens is 2. The lowest BCUT2D eigenvalue weighted by atomic mass is 10.1. The SMILES string of the molecule is Cc1cc2cc(NC(=O)c3ccc4[nH]c(C(=O)NCCN)cc4c3)ccc2[nH]1.NCCNC=O. The predicted octanol–water partition coefficient (Wildman–Crippen LogP) is 1.59. The molecule has 0 fully saturated rings. The fourth-order valence-corrected chi connectivity index (χ4v) is 3.38. The van der Waals surface area contributed by atoms with Crippen LogP contribution in [0.15, 0.2) is 48.5 Å². The summed E-state index contributed by atoms with van der Waals surface area (Å²) in [6, 6.07) is 14.8. The Bertz CT molecular complexity index is 1290. The van der Waals surface area contributed by atoms with Crippen LogP contribution in [0.2, 0.25) is 0 Å². The van der Waals surface area contributed by atoms with Gasteiger partial charge in [0.15, 0.2) is 0 Å². The van der Waals surface area contributed by atoms with Gasteiger partial charge in [-0.25, -0.2) is 0 Å². The summed E-state index contributed by atoms with van der Waals surface area (Å²) < 4.78 is 0. The Morgan fingerprint density at radius 1 is 0.882 bits per heavy atom. The number of nitrogens with one attached hydrogen (secondary N) is 5. The number of carbonyl (C=O) groups excluding carboxylic acids is 3. The molecule has 178 valence electrons. The Morgan fingerprint density at radius 3 is 2.29 bits per heavy atom. The first-order valence-corrected chi connectivity index (χ1v) is 10.8. The summed E-state index contributed by atoms with van der Waals surface area (Å²) >= 11 is 0. The molecule has 0 aliphatic carbocycles. The molecule has 2 aromatic heterocycles. The van der Waals surface area contributed by atoms with Crippen LogP contribution in [0.1, 0.15) is 26.5 Å². The van der Waals surface area contributed by atoms with E-state index in [1.54, 1.807) is 24.3 Å². The summed E-state index contributed by atoms with van der Waals surface area (Å²) in [5.74, 6) is -0.424. The van der Waals surface area contributed by atoms with Crippen LogP contribution in [0, 0.1) is 6.92 Å². The van der Waals surface area contributed by atoms with Gasteiger partial charge in [0.2, 0.25) is 6.41 Å². The van der Waals surface area contributed by atoms with Gasteiger partial charge in [0.05, 0.1) is 0 Å². The standard InChI is InChI=1S/C21H21N5O2.C3H8N2O/c1-12-8-14-10-16(3-5-17(14)24-12)25-20(27)13-2-4-18-15(9-13)11-19(26-18)21(28)23-7-6-22;4-1-2-5-3-6/h2-5,8-11,24,26H,6-7,22H2,1H3,(H,23,28)(H,25,27);3H,1-2,4H2,(H,5,6). The molecular formula is C24H29N7O3. The summed E-state index contributed by atoms with van der Waals surface area (Å²) in [7, 11) is 0. The lowest BCUT2D eigenvalue weighted by Gasteiger charge is -2.06. The van der Waals surface area contributed by atoms with Gasteiger partial charge in [0.25, 0.3) is 11.8 Å². The normalized spacial score (nSPS) is 10.4. The van der Waals surface area contributed by atoms with Crippen molar-refractivity contribution in [2.45, 2.75) is 6.92 Å². The molecule has 2 heterocycles. The third kappa shape index (κ3) is 6.21. The molecule has 10 nitrogen and oxygen atoms in total. The van der Waals surface area contributed by atoms with Gasteiger partial charge in [-0.15, -0.1) is 0 Å². The van der Waals surface area contributed by atoms with E-state index in [0.717, 1.165) is 33.2 Å². The second-order valence-corrected chi connectivity index (χ2v) is 7.60. The predicted molar refractivity (Wildman–Crippen MR) is 134 cm³/mol. The van der Waals surface area contributed by atoms with Gasteiger partial charge >= 0.3 is 0 Å². The number of H-pyrrole nitrogens is 2. The molecule has 4 rings (SSSR count). The number of rotatable bonds is 8. The Balaban J connectivity index is 0.000000481. The lowest BCUT2D eigenvalue weighted by molar-refractivity contribution is -0.109. The molecule has 0 aliphatic rings. The minimum atomic E-state index is -0.220. The van der Waals surface area contributed by atoms with Crippen molar-refractivity contribution in [3.63, 3.8) is 0 Å². The molecular weight excluding hydrogens is 434 g/mol. The topological polar surface area (TPSA) is 171 Å². The smallest absolute Gasteiger partial charge is 0.267 e. The zero-order chi connectivity index (χ0) is 24.5. The molecule has 0 saturated carbocycles. The number of aromatic amines is 2. The molecule has 0 aliphatic heterocycles. The van der Waals surface area contributed by atoms with Gasteiger partial charge in [-0.05, 0) is 55.5 Å². The van der Waals surface area contributed by atoms with Crippen molar-refractivity contribution in [3.05, 3.63) is 65.5 Å². The van der Waals surface area contributed by atoms with Crippen molar-refractivity contribution in [2.24, 2.45) is 11.5 Å². The molecule has 0 bridgehead atoms. The fourth-order valence-electron chi connectivity index (χ4n) is 3.38. The van der Waals surface area contributed by atoms with Gasteiger partial charge in [0.1, 0.15) is 5.69 Å². The largest absolute Gasteiger partial charge is 0.359 e. The minimum absolute atomic E-state index is 0.205. The molecule has 3 amide bonds. The van der Waals surface area contributed by atoms with Gasteiger partial charge < -0.3 is 37.4 Å². The van der Waals surface area contributed by atoms with Crippen molar-refractivity contribution in [1.29, 1.82) is 0 Å². The first-order chi connectivity index (χ1) is 16.4. The third-order valence-electron chi connectivity index (χ3n) is 4.94. The minimum Gasteiger partial charge on any atom is -0.359 e. The highest BCUT2D eigenvalue weighted by Crippen LogP contribution is 2.22. The van der Waals surface area contributed by atoms with E-state index < -0.39 is 0 Å². The number of hydrogen-bond acceptors (Lipinski definition) is 5. The third-order valence-corrected chi connectivity index (χ3v) is 4.94. The number of nitrogens with two attached hydrogens (primary N) is 2. The molecule has 0 saturated heterocycles. The molecule has 2 aromatic carbocycles. The average molecular weight is 464 g/mol. The zero-order valence-corrected chi connectivity index (χ0v) is 18.9. The summed E-state index contributed by atoms with van der Waals surface area (Å²) in [5.41, 5.74) is 15.0. The van der Waals surface area contributed by atoms with Crippen LogP contribution in [0.4, 0.5) is 5.69 Å². The van der Waals surface area contributed by atoms with E-state index in [2.05, 4.69) is 25.9 Å². The van der Waals surface area contributed by atoms with Crippen molar-refractivity contribution < 1.29 is 14.4 Å². The summed E-state index contributed by atoms with van der Waals surface area (Å²) in [4.78, 5) is 40.4. The molecule has 4 aromatic rings. The Kier molecular flexibility index (Phi) is 8.38. The number of fused-ring (bicyclic) bond motifs is 2. The molecule has 9 N–H and O–H groups in total. The summed E-state index contributed by atoms with van der Waals surface area (Å²) in [5, 5.41) is 9.88. The number of hydrogen-bond donors (Lipinski definition) is 7. The number of carbonyl (C=O) groups is 3. The second kappa shape index (κ2) is 11.6. The number of anilines is 1. The quantitative estimate of drug-likeness (QED) is 0.155. The molecule has 0 radical (unpaired) electrons. The van der Waals surface area contributed by atoms with Crippen molar-refractivity contribution >= 4 is 45.7 Å². The number of benzene rings is 2. The number of aryl methyl sites for hydroxylation is 1. The highest BCUT2D eigenvalue weighted by Gasteiger charge is 2.12. The van der Waals surface area contributed by atoms with E-state index in [-0.39, 0.29) is 11.8 Å². The van der Waals surface area contributed by atoms with Crippen LogP contribution in [0.5, 0.6) is 0 Å². The summed E-state index contributed by atoms with van der Waals surface area (Å²) in [6.45, 7) is 3.87. The van der Waals surface area contributed by atoms with E-state index >= 15 is 0 Å². The highest BCUT2D eigenvalue weighted by atomic mass is 16.2. The van der Waals surface area contributed by atoms with Crippen LogP contribution < -0.4 is 27.4 Å². The van der Waals surface area contributed by atoms with Crippen molar-refractivity contribution in [1.82, 2.24) is 20.6 Å². The molecule has 0 spiro atoms. The average Bonchev–Trinajstić information content (AvgIpc) is 3.43. The molecule has 10 heteroatoms. The maximum atomic E-state index is 12.7. The molecule has 0 atom stereocenters. The van der Waals surface area contributed by atoms with Crippen LogP contribution >= 0.6 is 0 Å². The molecule has 0 unspecified atom stereocenters.